The number of carbonyl (C=O) groups is 2. The standard InChI is InChI=1S/C27H20N2O5S/c1-16-12-20(13-23(17(16)2)29(32)33)24-11-10-21(34-24)14-25-26(30)28(27(31)35-25)15-19-8-5-7-18-6-3-4-9-22(18)19/h3-14H,15H2,1-2H3/b25-14+. The van der Waals surface area contributed by atoms with Gasteiger partial charge in [-0.1, -0.05) is 42.5 Å². The Balaban J connectivity index is 1.40. The zero-order valence-electron chi connectivity index (χ0n) is 19.0. The Morgan fingerprint density at radius 3 is 2.60 bits per heavy atom. The van der Waals surface area contributed by atoms with Crippen molar-refractivity contribution in [3.8, 4) is 11.3 Å². The Morgan fingerprint density at radius 2 is 1.80 bits per heavy atom. The number of hydrogen-bond donors (Lipinski definition) is 0. The summed E-state index contributed by atoms with van der Waals surface area (Å²) in [4.78, 5) is 38.2. The van der Waals surface area contributed by atoms with Crippen molar-refractivity contribution in [3.63, 3.8) is 0 Å². The highest BCUT2D eigenvalue weighted by Gasteiger charge is 2.35. The zero-order valence-corrected chi connectivity index (χ0v) is 19.8. The molecule has 2 heterocycles. The van der Waals surface area contributed by atoms with Crippen LogP contribution in [-0.4, -0.2) is 21.0 Å². The largest absolute Gasteiger partial charge is 0.457 e. The average molecular weight is 485 g/mol. The third kappa shape index (κ3) is 4.24. The normalized spacial score (nSPS) is 14.9. The lowest BCUT2D eigenvalue weighted by molar-refractivity contribution is -0.385. The van der Waals surface area contributed by atoms with E-state index in [9.17, 15) is 19.7 Å². The molecule has 0 radical (unpaired) electrons. The van der Waals surface area contributed by atoms with E-state index in [0.29, 0.717) is 22.6 Å². The van der Waals surface area contributed by atoms with Crippen molar-refractivity contribution in [2.45, 2.75) is 20.4 Å². The van der Waals surface area contributed by atoms with Crippen LogP contribution in [0.3, 0.4) is 0 Å². The third-order valence-corrected chi connectivity index (χ3v) is 7.01. The van der Waals surface area contributed by atoms with E-state index in [1.807, 2.05) is 55.5 Å². The number of nitrogens with zero attached hydrogens (tertiary/aromatic N) is 2. The van der Waals surface area contributed by atoms with Crippen molar-refractivity contribution < 1.29 is 18.9 Å². The van der Waals surface area contributed by atoms with Crippen LogP contribution < -0.4 is 0 Å². The summed E-state index contributed by atoms with van der Waals surface area (Å²) in [7, 11) is 0. The molecule has 0 atom stereocenters. The van der Waals surface area contributed by atoms with Crippen molar-refractivity contribution in [3.05, 3.63) is 104 Å². The van der Waals surface area contributed by atoms with Gasteiger partial charge in [0.1, 0.15) is 11.5 Å². The molecule has 0 saturated carbocycles. The van der Waals surface area contributed by atoms with Gasteiger partial charge in [-0.3, -0.25) is 24.6 Å². The summed E-state index contributed by atoms with van der Waals surface area (Å²) in [6.07, 6.45) is 1.53. The predicted molar refractivity (Wildman–Crippen MR) is 136 cm³/mol. The number of aryl methyl sites for hydroxylation is 1. The molecule has 0 N–H and O–H groups in total. The lowest BCUT2D eigenvalue weighted by Gasteiger charge is -2.14. The van der Waals surface area contributed by atoms with Crippen molar-refractivity contribution in [1.82, 2.24) is 4.90 Å². The number of imide groups is 1. The number of carbonyl (C=O) groups excluding carboxylic acids is 2. The monoisotopic (exact) mass is 484 g/mol. The van der Waals surface area contributed by atoms with E-state index < -0.39 is 4.92 Å². The maximum absolute atomic E-state index is 13.0. The number of nitro benzene ring substituents is 1. The van der Waals surface area contributed by atoms with Gasteiger partial charge in [0.05, 0.1) is 16.4 Å². The van der Waals surface area contributed by atoms with Crippen LogP contribution in [-0.2, 0) is 11.3 Å². The van der Waals surface area contributed by atoms with Crippen LogP contribution in [0.4, 0.5) is 10.5 Å². The van der Waals surface area contributed by atoms with Gasteiger partial charge in [-0.05, 0) is 65.7 Å². The molecule has 1 aromatic heterocycles. The molecular formula is C27H20N2O5S. The lowest BCUT2D eigenvalue weighted by atomic mass is 10.0. The molecule has 1 saturated heterocycles. The van der Waals surface area contributed by atoms with Crippen LogP contribution in [0.2, 0.25) is 0 Å². The van der Waals surface area contributed by atoms with Crippen LogP contribution in [0.1, 0.15) is 22.5 Å². The molecule has 1 fully saturated rings. The van der Waals surface area contributed by atoms with Gasteiger partial charge in [-0.15, -0.1) is 0 Å². The number of furan rings is 1. The maximum atomic E-state index is 13.0. The molecule has 2 amide bonds. The Hall–Kier alpha value is -4.17. The van der Waals surface area contributed by atoms with Gasteiger partial charge < -0.3 is 4.42 Å². The maximum Gasteiger partial charge on any atom is 0.293 e. The van der Waals surface area contributed by atoms with Gasteiger partial charge >= 0.3 is 0 Å². The summed E-state index contributed by atoms with van der Waals surface area (Å²) < 4.78 is 5.86. The zero-order chi connectivity index (χ0) is 24.7. The Bertz CT molecular complexity index is 1550. The minimum absolute atomic E-state index is 0.0208. The van der Waals surface area contributed by atoms with Crippen molar-refractivity contribution in [2.75, 3.05) is 0 Å². The summed E-state index contributed by atoms with van der Waals surface area (Å²) in [6.45, 7) is 3.69. The van der Waals surface area contributed by atoms with Gasteiger partial charge in [-0.2, -0.15) is 0 Å². The number of benzene rings is 3. The summed E-state index contributed by atoms with van der Waals surface area (Å²) in [6, 6.07) is 20.3. The van der Waals surface area contributed by atoms with Crippen LogP contribution in [0.25, 0.3) is 28.2 Å². The minimum Gasteiger partial charge on any atom is -0.457 e. The van der Waals surface area contributed by atoms with E-state index in [4.69, 9.17) is 4.42 Å². The Kier molecular flexibility index (Phi) is 5.74. The fourth-order valence-electron chi connectivity index (χ4n) is 4.12. The van der Waals surface area contributed by atoms with E-state index in [-0.39, 0.29) is 28.3 Å². The number of amides is 2. The molecule has 0 spiro atoms. The van der Waals surface area contributed by atoms with Gasteiger partial charge in [0, 0.05) is 23.3 Å². The summed E-state index contributed by atoms with van der Waals surface area (Å²) in [5.74, 6) is 0.446. The summed E-state index contributed by atoms with van der Waals surface area (Å²) >= 11 is 0.866. The third-order valence-electron chi connectivity index (χ3n) is 6.10. The Morgan fingerprint density at radius 1 is 1.03 bits per heavy atom. The van der Waals surface area contributed by atoms with Gasteiger partial charge in [0.2, 0.25) is 0 Å². The molecule has 5 rings (SSSR count). The summed E-state index contributed by atoms with van der Waals surface area (Å²) in [5, 5.41) is 13.1. The van der Waals surface area contributed by atoms with E-state index in [1.54, 1.807) is 19.1 Å². The second kappa shape index (κ2) is 8.88. The molecule has 0 bridgehead atoms. The van der Waals surface area contributed by atoms with Gasteiger partial charge in [0.25, 0.3) is 16.8 Å². The number of rotatable bonds is 5. The first kappa shape index (κ1) is 22.6. The molecule has 3 aromatic carbocycles. The molecule has 1 aliphatic rings. The van der Waals surface area contributed by atoms with Crippen LogP contribution >= 0.6 is 11.8 Å². The fraction of sp³-hybridized carbons (Fsp3) is 0.111. The Labute approximate surface area is 205 Å². The van der Waals surface area contributed by atoms with E-state index in [2.05, 4.69) is 0 Å². The van der Waals surface area contributed by atoms with Gasteiger partial charge in [-0.25, -0.2) is 0 Å². The molecule has 7 nitrogen and oxygen atoms in total. The number of hydrogen-bond acceptors (Lipinski definition) is 6. The fourth-order valence-corrected chi connectivity index (χ4v) is 4.94. The first-order valence-corrected chi connectivity index (χ1v) is 11.7. The lowest BCUT2D eigenvalue weighted by Crippen LogP contribution is -2.27. The molecule has 0 aliphatic carbocycles. The number of fused-ring (bicyclic) bond motifs is 1. The summed E-state index contributed by atoms with van der Waals surface area (Å²) in [5.41, 5.74) is 2.87. The molecular weight excluding hydrogens is 464 g/mol. The number of thioether (sulfide) groups is 1. The quantitative estimate of drug-likeness (QED) is 0.174. The molecule has 174 valence electrons. The second-order valence-electron chi connectivity index (χ2n) is 8.30. The predicted octanol–water partition coefficient (Wildman–Crippen LogP) is 6.86. The van der Waals surface area contributed by atoms with Crippen LogP contribution in [0.5, 0.6) is 0 Å². The highest BCUT2D eigenvalue weighted by atomic mass is 32.2. The average Bonchev–Trinajstić information content (AvgIpc) is 3.41. The molecule has 35 heavy (non-hydrogen) atoms. The minimum atomic E-state index is -0.415. The molecule has 0 unspecified atom stereocenters. The SMILES string of the molecule is Cc1cc(-c2ccc(/C=C3/SC(=O)N(Cc4cccc5ccccc45)C3=O)o2)cc([N+](=O)[O-])c1C. The topological polar surface area (TPSA) is 93.7 Å². The first-order chi connectivity index (χ1) is 16.8. The van der Waals surface area contributed by atoms with E-state index in [1.165, 1.54) is 17.0 Å². The molecule has 1 aliphatic heterocycles. The number of nitro groups is 1. The molecule has 8 heteroatoms. The smallest absolute Gasteiger partial charge is 0.293 e. The first-order valence-electron chi connectivity index (χ1n) is 10.9. The van der Waals surface area contributed by atoms with Crippen molar-refractivity contribution >= 4 is 45.4 Å². The molecule has 4 aromatic rings. The van der Waals surface area contributed by atoms with E-state index in [0.717, 1.165) is 33.7 Å². The van der Waals surface area contributed by atoms with Gasteiger partial charge in [0.15, 0.2) is 0 Å². The van der Waals surface area contributed by atoms with Crippen molar-refractivity contribution in [2.24, 2.45) is 0 Å². The van der Waals surface area contributed by atoms with Crippen LogP contribution in [0.15, 0.2) is 76.1 Å². The highest BCUT2D eigenvalue weighted by Crippen LogP contribution is 2.36. The second-order valence-corrected chi connectivity index (χ2v) is 9.30. The van der Waals surface area contributed by atoms with Crippen molar-refractivity contribution in [1.29, 1.82) is 0 Å². The van der Waals surface area contributed by atoms with E-state index >= 15 is 0 Å². The highest BCUT2D eigenvalue weighted by molar-refractivity contribution is 8.18. The van der Waals surface area contributed by atoms with Crippen LogP contribution in [0, 0.1) is 24.0 Å².